The smallest absolute Gasteiger partial charge is 0.319 e. The van der Waals surface area contributed by atoms with Gasteiger partial charge in [-0.2, -0.15) is 0 Å². The first-order valence-corrected chi connectivity index (χ1v) is 5.63. The van der Waals surface area contributed by atoms with Gasteiger partial charge in [-0.15, -0.1) is 0 Å². The normalized spacial score (nSPS) is 11.7. The van der Waals surface area contributed by atoms with E-state index in [4.69, 9.17) is 34.0 Å². The molecule has 1 unspecified atom stereocenters. The second-order valence-electron chi connectivity index (χ2n) is 3.38. The number of urea groups is 1. The third-order valence-corrected chi connectivity index (χ3v) is 2.53. The van der Waals surface area contributed by atoms with Gasteiger partial charge >= 0.3 is 6.03 Å². The molecule has 0 aliphatic carbocycles. The van der Waals surface area contributed by atoms with E-state index < -0.39 is 18.0 Å². The van der Waals surface area contributed by atoms with Gasteiger partial charge in [0, 0.05) is 5.02 Å². The third kappa shape index (κ3) is 4.40. The topological polar surface area (TPSA) is 104 Å². The number of amides is 3. The maximum Gasteiger partial charge on any atom is 0.319 e. The van der Waals surface area contributed by atoms with Crippen LogP contribution in [0.5, 0.6) is 0 Å². The molecule has 1 aromatic rings. The molecule has 0 spiro atoms. The summed E-state index contributed by atoms with van der Waals surface area (Å²) in [7, 11) is 0. The van der Waals surface area contributed by atoms with Crippen LogP contribution in [0.4, 0.5) is 10.5 Å². The van der Waals surface area contributed by atoms with E-state index in [2.05, 4.69) is 10.6 Å². The standard InChI is InChI=1S/C10H11Cl2N3O3/c11-5-1-2-6(12)7(3-5)15-10(18)14-4-8(16)9(13)17/h1-3,8,16H,4H2,(H2,13,17)(H2,14,15,18). The Morgan fingerprint density at radius 3 is 2.67 bits per heavy atom. The van der Waals surface area contributed by atoms with Crippen molar-refractivity contribution in [1.29, 1.82) is 0 Å². The quantitative estimate of drug-likeness (QED) is 0.664. The molecule has 1 aromatic carbocycles. The second kappa shape index (κ2) is 6.44. The number of hydrogen-bond acceptors (Lipinski definition) is 3. The van der Waals surface area contributed by atoms with Gasteiger partial charge in [-0.3, -0.25) is 4.79 Å². The van der Waals surface area contributed by atoms with Crippen molar-refractivity contribution in [2.75, 3.05) is 11.9 Å². The molecule has 5 N–H and O–H groups in total. The van der Waals surface area contributed by atoms with E-state index in [9.17, 15) is 9.59 Å². The van der Waals surface area contributed by atoms with Crippen LogP contribution in [-0.4, -0.2) is 29.7 Å². The Hall–Kier alpha value is -1.50. The molecule has 1 atom stereocenters. The van der Waals surface area contributed by atoms with E-state index >= 15 is 0 Å². The van der Waals surface area contributed by atoms with Crippen molar-refractivity contribution in [3.63, 3.8) is 0 Å². The molecule has 8 heteroatoms. The van der Waals surface area contributed by atoms with Gasteiger partial charge in [0.15, 0.2) is 0 Å². The van der Waals surface area contributed by atoms with Gasteiger partial charge in [0.25, 0.3) is 0 Å². The van der Waals surface area contributed by atoms with Crippen molar-refractivity contribution in [2.24, 2.45) is 5.73 Å². The van der Waals surface area contributed by atoms with E-state index in [1.165, 1.54) is 12.1 Å². The lowest BCUT2D eigenvalue weighted by molar-refractivity contribution is -0.125. The Balaban J connectivity index is 2.54. The summed E-state index contributed by atoms with van der Waals surface area (Å²) in [6.45, 7) is -0.292. The van der Waals surface area contributed by atoms with Gasteiger partial charge in [-0.1, -0.05) is 23.2 Å². The van der Waals surface area contributed by atoms with Crippen molar-refractivity contribution in [3.05, 3.63) is 28.2 Å². The van der Waals surface area contributed by atoms with Gasteiger partial charge in [-0.25, -0.2) is 4.79 Å². The summed E-state index contributed by atoms with van der Waals surface area (Å²) >= 11 is 11.6. The third-order valence-electron chi connectivity index (χ3n) is 1.96. The van der Waals surface area contributed by atoms with E-state index in [0.29, 0.717) is 15.7 Å². The van der Waals surface area contributed by atoms with Gasteiger partial charge in [0.2, 0.25) is 5.91 Å². The van der Waals surface area contributed by atoms with Gasteiger partial charge in [-0.05, 0) is 18.2 Å². The minimum Gasteiger partial charge on any atom is -0.381 e. The Bertz CT molecular complexity index is 468. The average molecular weight is 292 g/mol. The molecular formula is C10H11Cl2N3O3. The largest absolute Gasteiger partial charge is 0.381 e. The highest BCUT2D eigenvalue weighted by molar-refractivity contribution is 6.35. The van der Waals surface area contributed by atoms with E-state index in [-0.39, 0.29) is 6.54 Å². The van der Waals surface area contributed by atoms with Crippen LogP contribution in [0.1, 0.15) is 0 Å². The lowest BCUT2D eigenvalue weighted by Gasteiger charge is -2.11. The first-order valence-electron chi connectivity index (χ1n) is 4.87. The zero-order valence-electron chi connectivity index (χ0n) is 9.11. The SMILES string of the molecule is NC(=O)C(O)CNC(=O)Nc1cc(Cl)ccc1Cl. The molecule has 0 aliphatic rings. The zero-order chi connectivity index (χ0) is 13.7. The number of halogens is 2. The summed E-state index contributed by atoms with van der Waals surface area (Å²) in [5.74, 6) is -0.920. The minimum absolute atomic E-state index is 0.292. The molecule has 0 saturated heterocycles. The fourth-order valence-electron chi connectivity index (χ4n) is 1.05. The lowest BCUT2D eigenvalue weighted by atomic mass is 10.3. The monoisotopic (exact) mass is 291 g/mol. The van der Waals surface area contributed by atoms with Crippen molar-refractivity contribution in [2.45, 2.75) is 6.10 Å². The molecule has 0 fully saturated rings. The number of nitrogens with one attached hydrogen (secondary N) is 2. The summed E-state index contributed by atoms with van der Waals surface area (Å²) in [6, 6.07) is 3.93. The number of primary amides is 1. The molecule has 0 aliphatic heterocycles. The van der Waals surface area contributed by atoms with E-state index in [1.807, 2.05) is 0 Å². The van der Waals surface area contributed by atoms with Crippen molar-refractivity contribution >= 4 is 40.8 Å². The second-order valence-corrected chi connectivity index (χ2v) is 4.22. The highest BCUT2D eigenvalue weighted by Crippen LogP contribution is 2.25. The molecular weight excluding hydrogens is 281 g/mol. The summed E-state index contributed by atoms with van der Waals surface area (Å²) in [4.78, 5) is 21.9. The van der Waals surface area contributed by atoms with Gasteiger partial charge < -0.3 is 21.5 Å². The Kier molecular flexibility index (Phi) is 5.21. The fraction of sp³-hybridized carbons (Fsp3) is 0.200. The molecule has 3 amide bonds. The van der Waals surface area contributed by atoms with E-state index in [0.717, 1.165) is 0 Å². The van der Waals surface area contributed by atoms with Crippen LogP contribution in [0, 0.1) is 0 Å². The Morgan fingerprint density at radius 2 is 2.06 bits per heavy atom. The predicted octanol–water partition coefficient (Wildman–Crippen LogP) is 0.961. The van der Waals surface area contributed by atoms with Gasteiger partial charge in [0.05, 0.1) is 17.3 Å². The first kappa shape index (κ1) is 14.6. The number of hydrogen-bond donors (Lipinski definition) is 4. The summed E-state index contributed by atoms with van der Waals surface area (Å²) in [5.41, 5.74) is 5.13. The number of anilines is 1. The number of carbonyl (C=O) groups excluding carboxylic acids is 2. The minimum atomic E-state index is -1.44. The van der Waals surface area contributed by atoms with E-state index in [1.54, 1.807) is 6.07 Å². The molecule has 0 bridgehead atoms. The highest BCUT2D eigenvalue weighted by Gasteiger charge is 2.12. The van der Waals surface area contributed by atoms with Crippen LogP contribution >= 0.6 is 23.2 Å². The maximum atomic E-state index is 11.4. The van der Waals surface area contributed by atoms with Crippen LogP contribution in [-0.2, 0) is 4.79 Å². The summed E-state index contributed by atoms with van der Waals surface area (Å²) < 4.78 is 0. The molecule has 1 rings (SSSR count). The van der Waals surface area contributed by atoms with Crippen LogP contribution in [0.15, 0.2) is 18.2 Å². The molecule has 98 valence electrons. The molecule has 6 nitrogen and oxygen atoms in total. The molecule has 0 heterocycles. The van der Waals surface area contributed by atoms with Gasteiger partial charge in [0.1, 0.15) is 6.10 Å². The number of rotatable bonds is 4. The van der Waals surface area contributed by atoms with Crippen LogP contribution in [0.25, 0.3) is 0 Å². The van der Waals surface area contributed by atoms with Crippen molar-refractivity contribution in [1.82, 2.24) is 5.32 Å². The number of aliphatic hydroxyl groups excluding tert-OH is 1. The first-order chi connectivity index (χ1) is 8.40. The van der Waals surface area contributed by atoms with Crippen LogP contribution in [0.2, 0.25) is 10.0 Å². The number of carbonyl (C=O) groups is 2. The Labute approximate surface area is 113 Å². The zero-order valence-corrected chi connectivity index (χ0v) is 10.6. The van der Waals surface area contributed by atoms with Crippen LogP contribution < -0.4 is 16.4 Å². The molecule has 0 aromatic heterocycles. The summed E-state index contributed by atoms with van der Waals surface area (Å²) in [6.07, 6.45) is -1.44. The Morgan fingerprint density at radius 1 is 1.39 bits per heavy atom. The number of benzene rings is 1. The molecule has 18 heavy (non-hydrogen) atoms. The molecule has 0 radical (unpaired) electrons. The molecule has 0 saturated carbocycles. The maximum absolute atomic E-state index is 11.4. The van der Waals surface area contributed by atoms with Crippen LogP contribution in [0.3, 0.4) is 0 Å². The van der Waals surface area contributed by atoms with Crippen molar-refractivity contribution in [3.8, 4) is 0 Å². The van der Waals surface area contributed by atoms with Crippen molar-refractivity contribution < 1.29 is 14.7 Å². The predicted molar refractivity (Wildman–Crippen MR) is 68.7 cm³/mol. The number of aliphatic hydroxyl groups is 1. The lowest BCUT2D eigenvalue weighted by Crippen LogP contribution is -2.41. The fourth-order valence-corrected chi connectivity index (χ4v) is 1.39. The number of nitrogens with two attached hydrogens (primary N) is 1. The highest BCUT2D eigenvalue weighted by atomic mass is 35.5. The summed E-state index contributed by atoms with van der Waals surface area (Å²) in [5, 5.41) is 14.5. The average Bonchev–Trinajstić information content (AvgIpc) is 2.30.